The van der Waals surface area contributed by atoms with Crippen molar-refractivity contribution in [3.8, 4) is 0 Å². The molecule has 0 heterocycles. The Morgan fingerprint density at radius 1 is 1.23 bits per heavy atom. The third kappa shape index (κ3) is 8.01. The Morgan fingerprint density at radius 2 is 1.85 bits per heavy atom. The first-order chi connectivity index (χ1) is 5.99. The highest BCUT2D eigenvalue weighted by molar-refractivity contribution is 5.61. The molecule has 1 atom stereocenters. The molecule has 1 heteroatoms. The summed E-state index contributed by atoms with van der Waals surface area (Å²) < 4.78 is 0. The zero-order valence-corrected chi connectivity index (χ0v) is 9.93. The van der Waals surface area contributed by atoms with Gasteiger partial charge in [0, 0.05) is 6.21 Å². The maximum atomic E-state index is 4.56. The lowest BCUT2D eigenvalue weighted by Crippen LogP contribution is -2.12. The minimum atomic E-state index is 0.0969. The molecule has 1 unspecified atom stereocenters. The van der Waals surface area contributed by atoms with Crippen molar-refractivity contribution in [2.24, 2.45) is 10.9 Å². The Labute approximate surface area is 83.6 Å². The maximum Gasteiger partial charge on any atom is 0.0520 e. The molecule has 0 saturated carbocycles. The summed E-state index contributed by atoms with van der Waals surface area (Å²) in [6, 6.07) is 0. The van der Waals surface area contributed by atoms with E-state index in [1.165, 1.54) is 25.7 Å². The van der Waals surface area contributed by atoms with Gasteiger partial charge in [-0.05, 0) is 39.5 Å². The van der Waals surface area contributed by atoms with E-state index in [2.05, 4.69) is 45.8 Å². The lowest BCUT2D eigenvalue weighted by atomic mass is 10.0. The summed E-state index contributed by atoms with van der Waals surface area (Å²) in [6.07, 6.45) is 7.30. The molecule has 0 aliphatic carbocycles. The highest BCUT2D eigenvalue weighted by atomic mass is 14.8. The Bertz CT molecular complexity index is 142. The van der Waals surface area contributed by atoms with Crippen molar-refractivity contribution in [2.45, 2.75) is 65.8 Å². The minimum Gasteiger partial charge on any atom is -0.291 e. The van der Waals surface area contributed by atoms with E-state index in [1.54, 1.807) is 0 Å². The molecule has 0 rings (SSSR count). The Hall–Kier alpha value is -0.330. The van der Waals surface area contributed by atoms with E-state index in [1.807, 2.05) is 0 Å². The second-order valence-corrected chi connectivity index (χ2v) is 4.76. The van der Waals surface area contributed by atoms with Crippen LogP contribution in [-0.4, -0.2) is 11.8 Å². The van der Waals surface area contributed by atoms with Crippen molar-refractivity contribution < 1.29 is 0 Å². The largest absolute Gasteiger partial charge is 0.291 e. The Balaban J connectivity index is 3.89. The fraction of sp³-hybridized carbons (Fsp3) is 0.917. The van der Waals surface area contributed by atoms with E-state index in [-0.39, 0.29) is 5.54 Å². The maximum absolute atomic E-state index is 4.56. The molecule has 0 aliphatic rings. The Morgan fingerprint density at radius 3 is 2.23 bits per heavy atom. The van der Waals surface area contributed by atoms with Gasteiger partial charge in [0.05, 0.1) is 5.54 Å². The van der Waals surface area contributed by atoms with Crippen LogP contribution in [0.25, 0.3) is 0 Å². The van der Waals surface area contributed by atoms with Crippen LogP contribution in [0.3, 0.4) is 0 Å². The lowest BCUT2D eigenvalue weighted by Gasteiger charge is -2.14. The number of unbranched alkanes of at least 4 members (excludes halogenated alkanes) is 1. The van der Waals surface area contributed by atoms with E-state index in [0.717, 1.165) is 0 Å². The van der Waals surface area contributed by atoms with Crippen molar-refractivity contribution >= 4 is 6.21 Å². The molecule has 0 saturated heterocycles. The zero-order valence-electron chi connectivity index (χ0n) is 9.93. The van der Waals surface area contributed by atoms with Crippen LogP contribution < -0.4 is 0 Å². The van der Waals surface area contributed by atoms with E-state index in [4.69, 9.17) is 0 Å². The number of nitrogens with zero attached hydrogens (tertiary/aromatic N) is 1. The topological polar surface area (TPSA) is 12.4 Å². The summed E-state index contributed by atoms with van der Waals surface area (Å²) in [5, 5.41) is 0. The summed E-state index contributed by atoms with van der Waals surface area (Å²) >= 11 is 0. The molecule has 13 heavy (non-hydrogen) atoms. The van der Waals surface area contributed by atoms with Gasteiger partial charge in [-0.25, -0.2) is 0 Å². The number of rotatable bonds is 5. The number of hydrogen-bond donors (Lipinski definition) is 0. The zero-order chi connectivity index (χ0) is 10.3. The molecule has 0 radical (unpaired) electrons. The van der Waals surface area contributed by atoms with Gasteiger partial charge in [-0.3, -0.25) is 4.99 Å². The summed E-state index contributed by atoms with van der Waals surface area (Å²) in [5.41, 5.74) is 0.0969. The van der Waals surface area contributed by atoms with Gasteiger partial charge in [-0.15, -0.1) is 0 Å². The first kappa shape index (κ1) is 12.7. The molecular formula is C12H25N. The molecule has 0 aliphatic heterocycles. The van der Waals surface area contributed by atoms with Crippen LogP contribution in [0.5, 0.6) is 0 Å². The van der Waals surface area contributed by atoms with Gasteiger partial charge in [0.1, 0.15) is 0 Å². The first-order valence-electron chi connectivity index (χ1n) is 5.55. The monoisotopic (exact) mass is 183 g/mol. The number of hydrogen-bond acceptors (Lipinski definition) is 1. The van der Waals surface area contributed by atoms with Crippen LogP contribution >= 0.6 is 0 Å². The highest BCUT2D eigenvalue weighted by Crippen LogP contribution is 2.13. The van der Waals surface area contributed by atoms with E-state index >= 15 is 0 Å². The van der Waals surface area contributed by atoms with Gasteiger partial charge in [0.2, 0.25) is 0 Å². The molecule has 0 amide bonds. The summed E-state index contributed by atoms with van der Waals surface area (Å²) in [7, 11) is 0. The molecular weight excluding hydrogens is 158 g/mol. The van der Waals surface area contributed by atoms with Crippen LogP contribution in [0.15, 0.2) is 4.99 Å². The molecule has 0 bridgehead atoms. The molecule has 0 aromatic heterocycles. The molecule has 0 N–H and O–H groups in total. The third-order valence-electron chi connectivity index (χ3n) is 2.13. The van der Waals surface area contributed by atoms with Crippen LogP contribution in [0.4, 0.5) is 0 Å². The minimum absolute atomic E-state index is 0.0969. The standard InChI is InChI=1S/C12H25N/c1-6-8-9-11(7-2)10-13-12(3,4)5/h10-11H,6-9H2,1-5H3/b13-10+. The predicted molar refractivity (Wildman–Crippen MR) is 61.6 cm³/mol. The molecule has 0 aromatic carbocycles. The van der Waals surface area contributed by atoms with Crippen LogP contribution in [0.1, 0.15) is 60.3 Å². The van der Waals surface area contributed by atoms with Gasteiger partial charge in [0.25, 0.3) is 0 Å². The van der Waals surface area contributed by atoms with Crippen molar-refractivity contribution in [3.05, 3.63) is 0 Å². The van der Waals surface area contributed by atoms with Crippen molar-refractivity contribution in [1.82, 2.24) is 0 Å². The smallest absolute Gasteiger partial charge is 0.0520 e. The SMILES string of the molecule is CCCCC(/C=N/C(C)(C)C)CC. The van der Waals surface area contributed by atoms with Gasteiger partial charge in [-0.2, -0.15) is 0 Å². The average molecular weight is 183 g/mol. The summed E-state index contributed by atoms with van der Waals surface area (Å²) in [4.78, 5) is 4.56. The van der Waals surface area contributed by atoms with Gasteiger partial charge in [-0.1, -0.05) is 26.7 Å². The van der Waals surface area contributed by atoms with Crippen molar-refractivity contribution in [2.75, 3.05) is 0 Å². The van der Waals surface area contributed by atoms with E-state index in [9.17, 15) is 0 Å². The quantitative estimate of drug-likeness (QED) is 0.570. The summed E-state index contributed by atoms with van der Waals surface area (Å²) in [5.74, 6) is 0.694. The van der Waals surface area contributed by atoms with E-state index in [0.29, 0.717) is 5.92 Å². The number of aliphatic imine (C=N–C) groups is 1. The molecule has 0 aromatic rings. The van der Waals surface area contributed by atoms with Crippen LogP contribution in [0.2, 0.25) is 0 Å². The molecule has 1 nitrogen and oxygen atoms in total. The van der Waals surface area contributed by atoms with E-state index < -0.39 is 0 Å². The fourth-order valence-electron chi connectivity index (χ4n) is 1.18. The van der Waals surface area contributed by atoms with Crippen LogP contribution in [0, 0.1) is 5.92 Å². The second-order valence-electron chi connectivity index (χ2n) is 4.76. The van der Waals surface area contributed by atoms with Crippen molar-refractivity contribution in [3.63, 3.8) is 0 Å². The second kappa shape index (κ2) is 6.17. The predicted octanol–water partition coefficient (Wildman–Crippen LogP) is 4.07. The van der Waals surface area contributed by atoms with Crippen molar-refractivity contribution in [1.29, 1.82) is 0 Å². The Kier molecular flexibility index (Phi) is 6.02. The molecule has 0 spiro atoms. The highest BCUT2D eigenvalue weighted by Gasteiger charge is 2.07. The van der Waals surface area contributed by atoms with Gasteiger partial charge < -0.3 is 0 Å². The summed E-state index contributed by atoms with van der Waals surface area (Å²) in [6.45, 7) is 10.9. The fourth-order valence-corrected chi connectivity index (χ4v) is 1.18. The van der Waals surface area contributed by atoms with Gasteiger partial charge >= 0.3 is 0 Å². The van der Waals surface area contributed by atoms with Crippen LogP contribution in [-0.2, 0) is 0 Å². The first-order valence-corrected chi connectivity index (χ1v) is 5.55. The third-order valence-corrected chi connectivity index (χ3v) is 2.13. The normalized spacial score (nSPS) is 15.2. The van der Waals surface area contributed by atoms with Gasteiger partial charge in [0.15, 0.2) is 0 Å². The average Bonchev–Trinajstić information content (AvgIpc) is 2.03. The molecule has 78 valence electrons. The molecule has 0 fully saturated rings. The lowest BCUT2D eigenvalue weighted by molar-refractivity contribution is 0.549.